The molecule has 1 saturated carbocycles. The second kappa shape index (κ2) is 4.46. The third-order valence-corrected chi connectivity index (χ3v) is 3.98. The number of hydrogen-bond donors (Lipinski definition) is 2. The fraction of sp³-hybridized carbons (Fsp3) is 0.538. The van der Waals surface area contributed by atoms with Crippen LogP contribution >= 0.6 is 11.6 Å². The molecule has 2 rings (SSSR count). The SMILES string of the molecule is Cc1c(F)cc(Cl)c(O)c1C1(N)CCCCC1. The summed E-state index contributed by atoms with van der Waals surface area (Å²) in [7, 11) is 0. The largest absolute Gasteiger partial charge is 0.506 e. The van der Waals surface area contributed by atoms with Crippen molar-refractivity contribution in [2.24, 2.45) is 5.73 Å². The lowest BCUT2D eigenvalue weighted by Gasteiger charge is -2.35. The molecule has 1 aromatic rings. The first kappa shape index (κ1) is 12.7. The van der Waals surface area contributed by atoms with Crippen molar-refractivity contribution in [3.63, 3.8) is 0 Å². The minimum Gasteiger partial charge on any atom is -0.506 e. The first-order chi connectivity index (χ1) is 7.96. The molecule has 1 aromatic carbocycles. The van der Waals surface area contributed by atoms with Gasteiger partial charge >= 0.3 is 0 Å². The van der Waals surface area contributed by atoms with Gasteiger partial charge in [0.25, 0.3) is 0 Å². The highest BCUT2D eigenvalue weighted by atomic mass is 35.5. The van der Waals surface area contributed by atoms with E-state index in [0.717, 1.165) is 38.2 Å². The van der Waals surface area contributed by atoms with E-state index in [1.165, 1.54) is 0 Å². The zero-order valence-electron chi connectivity index (χ0n) is 9.89. The standard InChI is InChI=1S/C13H17ClFNO/c1-8-10(15)7-9(14)12(17)11(8)13(16)5-3-2-4-6-13/h7,17H,2-6,16H2,1H3. The molecule has 0 unspecified atom stereocenters. The van der Waals surface area contributed by atoms with E-state index in [2.05, 4.69) is 0 Å². The predicted molar refractivity (Wildman–Crippen MR) is 66.8 cm³/mol. The number of benzene rings is 1. The van der Waals surface area contributed by atoms with Crippen LogP contribution < -0.4 is 5.73 Å². The minimum atomic E-state index is -0.641. The van der Waals surface area contributed by atoms with Crippen LogP contribution in [0.2, 0.25) is 5.02 Å². The zero-order chi connectivity index (χ0) is 12.6. The summed E-state index contributed by atoms with van der Waals surface area (Å²) in [6.07, 6.45) is 4.68. The van der Waals surface area contributed by atoms with Crippen LogP contribution in [0.4, 0.5) is 4.39 Å². The molecule has 94 valence electrons. The molecule has 1 aliphatic carbocycles. The van der Waals surface area contributed by atoms with Crippen LogP contribution in [0.5, 0.6) is 5.75 Å². The number of hydrogen-bond acceptors (Lipinski definition) is 2. The van der Waals surface area contributed by atoms with Crippen LogP contribution in [0.3, 0.4) is 0 Å². The van der Waals surface area contributed by atoms with Gasteiger partial charge in [-0.05, 0) is 31.4 Å². The maximum absolute atomic E-state index is 13.7. The normalized spacial score (nSPS) is 19.3. The average Bonchev–Trinajstić information content (AvgIpc) is 2.27. The molecule has 0 atom stereocenters. The van der Waals surface area contributed by atoms with Crippen molar-refractivity contribution in [3.05, 3.63) is 28.0 Å². The highest BCUT2D eigenvalue weighted by Crippen LogP contribution is 2.44. The molecule has 0 amide bonds. The van der Waals surface area contributed by atoms with Crippen molar-refractivity contribution in [1.29, 1.82) is 0 Å². The molecular formula is C13H17ClFNO. The van der Waals surface area contributed by atoms with Crippen LogP contribution in [0, 0.1) is 12.7 Å². The Morgan fingerprint density at radius 2 is 1.94 bits per heavy atom. The molecule has 4 heteroatoms. The summed E-state index contributed by atoms with van der Waals surface area (Å²) in [5.74, 6) is -0.465. The highest BCUT2D eigenvalue weighted by molar-refractivity contribution is 6.32. The van der Waals surface area contributed by atoms with E-state index in [9.17, 15) is 9.50 Å². The first-order valence-corrected chi connectivity index (χ1v) is 6.30. The summed E-state index contributed by atoms with van der Waals surface area (Å²) in [4.78, 5) is 0. The van der Waals surface area contributed by atoms with Crippen molar-refractivity contribution in [1.82, 2.24) is 0 Å². The second-order valence-corrected chi connectivity index (χ2v) is 5.31. The first-order valence-electron chi connectivity index (χ1n) is 5.92. The maximum Gasteiger partial charge on any atom is 0.139 e. The summed E-state index contributed by atoms with van der Waals surface area (Å²) >= 11 is 5.83. The molecule has 0 radical (unpaired) electrons. The van der Waals surface area contributed by atoms with Gasteiger partial charge in [0, 0.05) is 11.1 Å². The van der Waals surface area contributed by atoms with Crippen LogP contribution in [-0.2, 0) is 5.54 Å². The van der Waals surface area contributed by atoms with E-state index in [-0.39, 0.29) is 10.8 Å². The fourth-order valence-corrected chi connectivity index (χ4v) is 2.94. The third-order valence-electron chi connectivity index (χ3n) is 3.69. The Morgan fingerprint density at radius 1 is 1.35 bits per heavy atom. The van der Waals surface area contributed by atoms with E-state index in [1.807, 2.05) is 0 Å². The van der Waals surface area contributed by atoms with Gasteiger partial charge in [-0.1, -0.05) is 30.9 Å². The molecule has 1 fully saturated rings. The van der Waals surface area contributed by atoms with Crippen LogP contribution in [0.25, 0.3) is 0 Å². The Labute approximate surface area is 106 Å². The van der Waals surface area contributed by atoms with Gasteiger partial charge in [0.15, 0.2) is 0 Å². The summed E-state index contributed by atoms with van der Waals surface area (Å²) in [5.41, 5.74) is 6.60. The molecule has 1 aliphatic rings. The lowest BCUT2D eigenvalue weighted by molar-refractivity contribution is 0.289. The smallest absolute Gasteiger partial charge is 0.139 e. The lowest BCUT2D eigenvalue weighted by Crippen LogP contribution is -2.39. The van der Waals surface area contributed by atoms with Gasteiger partial charge in [-0.25, -0.2) is 4.39 Å². The monoisotopic (exact) mass is 257 g/mol. The fourth-order valence-electron chi connectivity index (χ4n) is 2.75. The molecular weight excluding hydrogens is 241 g/mol. The number of phenolic OH excluding ortho intramolecular Hbond substituents is 1. The van der Waals surface area contributed by atoms with Gasteiger partial charge in [0.2, 0.25) is 0 Å². The van der Waals surface area contributed by atoms with Gasteiger partial charge in [-0.3, -0.25) is 0 Å². The summed E-state index contributed by atoms with van der Waals surface area (Å²) in [6.45, 7) is 1.64. The van der Waals surface area contributed by atoms with Crippen molar-refractivity contribution in [3.8, 4) is 5.75 Å². The van der Waals surface area contributed by atoms with Gasteiger partial charge < -0.3 is 10.8 Å². The molecule has 0 bridgehead atoms. The van der Waals surface area contributed by atoms with Crippen LogP contribution in [0.15, 0.2) is 6.07 Å². The number of halogens is 2. The summed E-state index contributed by atoms with van der Waals surface area (Å²) in [6, 6.07) is 1.14. The highest BCUT2D eigenvalue weighted by Gasteiger charge is 2.35. The molecule has 17 heavy (non-hydrogen) atoms. The Balaban J connectivity index is 2.57. The van der Waals surface area contributed by atoms with E-state index >= 15 is 0 Å². The van der Waals surface area contributed by atoms with Crippen LogP contribution in [0.1, 0.15) is 43.2 Å². The maximum atomic E-state index is 13.7. The van der Waals surface area contributed by atoms with Gasteiger partial charge in [-0.15, -0.1) is 0 Å². The molecule has 0 aliphatic heterocycles. The van der Waals surface area contributed by atoms with Gasteiger partial charge in [0.1, 0.15) is 11.6 Å². The van der Waals surface area contributed by atoms with E-state index < -0.39 is 11.4 Å². The van der Waals surface area contributed by atoms with E-state index in [0.29, 0.717) is 11.1 Å². The number of rotatable bonds is 1. The Hall–Kier alpha value is -0.800. The number of nitrogens with two attached hydrogens (primary N) is 1. The number of aromatic hydroxyl groups is 1. The van der Waals surface area contributed by atoms with Crippen molar-refractivity contribution in [2.45, 2.75) is 44.6 Å². The van der Waals surface area contributed by atoms with Gasteiger partial charge in [0.05, 0.1) is 5.02 Å². The predicted octanol–water partition coefficient (Wildman–Crippen LogP) is 3.61. The molecule has 0 saturated heterocycles. The topological polar surface area (TPSA) is 46.2 Å². The number of phenols is 1. The van der Waals surface area contributed by atoms with Crippen LogP contribution in [-0.4, -0.2) is 5.11 Å². The zero-order valence-corrected chi connectivity index (χ0v) is 10.6. The second-order valence-electron chi connectivity index (χ2n) is 4.91. The average molecular weight is 258 g/mol. The third kappa shape index (κ3) is 2.14. The van der Waals surface area contributed by atoms with E-state index in [1.54, 1.807) is 6.92 Å². The molecule has 0 aromatic heterocycles. The molecule has 2 nitrogen and oxygen atoms in total. The van der Waals surface area contributed by atoms with Crippen molar-refractivity contribution >= 4 is 11.6 Å². The summed E-state index contributed by atoms with van der Waals surface area (Å²) in [5, 5.41) is 10.1. The minimum absolute atomic E-state index is 0.0403. The Kier molecular flexibility index (Phi) is 3.32. The molecule has 0 spiro atoms. The Bertz CT molecular complexity index is 415. The molecule has 3 N–H and O–H groups in total. The van der Waals surface area contributed by atoms with E-state index in [4.69, 9.17) is 17.3 Å². The van der Waals surface area contributed by atoms with Gasteiger partial charge in [-0.2, -0.15) is 0 Å². The Morgan fingerprint density at radius 3 is 2.53 bits per heavy atom. The quantitative estimate of drug-likeness (QED) is 0.807. The van der Waals surface area contributed by atoms with Crippen molar-refractivity contribution < 1.29 is 9.50 Å². The molecule has 0 heterocycles. The summed E-state index contributed by atoms with van der Waals surface area (Å²) < 4.78 is 13.7. The lowest BCUT2D eigenvalue weighted by atomic mass is 9.75. The van der Waals surface area contributed by atoms with Crippen molar-refractivity contribution in [2.75, 3.05) is 0 Å².